The van der Waals surface area contributed by atoms with Gasteiger partial charge in [-0.15, -0.1) is 0 Å². The Kier molecular flexibility index (Phi) is 4.62. The lowest BCUT2D eigenvalue weighted by Gasteiger charge is -2.15. The van der Waals surface area contributed by atoms with Crippen molar-refractivity contribution >= 4 is 21.4 Å². The van der Waals surface area contributed by atoms with E-state index in [1.54, 1.807) is 0 Å². The fraction of sp³-hybridized carbons (Fsp3) is 0.417. The minimum absolute atomic E-state index is 0.379. The average molecular weight is 291 g/mol. The van der Waals surface area contributed by atoms with Crippen LogP contribution in [-0.2, 0) is 14.6 Å². The monoisotopic (exact) mass is 291 g/mol. The molecule has 0 fully saturated rings. The number of benzene rings is 1. The number of halogens is 2. The van der Waals surface area contributed by atoms with E-state index in [9.17, 15) is 22.0 Å². The van der Waals surface area contributed by atoms with Crippen molar-refractivity contribution < 1.29 is 22.0 Å². The van der Waals surface area contributed by atoms with Crippen LogP contribution in [0.5, 0.6) is 0 Å². The lowest BCUT2D eigenvalue weighted by Crippen LogP contribution is -2.36. The van der Waals surface area contributed by atoms with E-state index >= 15 is 0 Å². The Bertz CT molecular complexity index is 585. The van der Waals surface area contributed by atoms with Crippen LogP contribution in [0.4, 0.5) is 14.5 Å². The zero-order chi connectivity index (χ0) is 14.8. The van der Waals surface area contributed by atoms with E-state index in [0.717, 1.165) is 18.2 Å². The number of hydrogen-bond donors (Lipinski definition) is 1. The lowest BCUT2D eigenvalue weighted by molar-refractivity contribution is -0.115. The fourth-order valence-corrected chi connectivity index (χ4v) is 2.56. The van der Waals surface area contributed by atoms with E-state index in [0.29, 0.717) is 0 Å². The summed E-state index contributed by atoms with van der Waals surface area (Å²) in [6, 6.07) is 2.55. The first-order valence-electron chi connectivity index (χ1n) is 5.65. The van der Waals surface area contributed by atoms with Crippen molar-refractivity contribution in [3.05, 3.63) is 29.8 Å². The molecular weight excluding hydrogens is 276 g/mol. The topological polar surface area (TPSA) is 63.2 Å². The predicted molar refractivity (Wildman–Crippen MR) is 68.5 cm³/mol. The van der Waals surface area contributed by atoms with Crippen molar-refractivity contribution in [2.45, 2.75) is 31.3 Å². The zero-order valence-electron chi connectivity index (χ0n) is 10.8. The summed E-state index contributed by atoms with van der Waals surface area (Å²) in [6.45, 7) is 4.10. The fourth-order valence-electron chi connectivity index (χ4n) is 1.39. The van der Waals surface area contributed by atoms with Gasteiger partial charge < -0.3 is 5.32 Å². The molecule has 1 unspecified atom stereocenters. The molecule has 0 radical (unpaired) electrons. The molecule has 1 aromatic rings. The number of carbonyl (C=O) groups is 1. The standard InChI is InChI=1S/C12H15F2NO3S/c1-7(2)19(17,18)8(3)12(16)15-11-6-9(13)4-5-10(11)14/h4-8H,1-3H3,(H,15,16). The van der Waals surface area contributed by atoms with Gasteiger partial charge in [0.15, 0.2) is 9.84 Å². The second-order valence-electron chi connectivity index (χ2n) is 4.39. The first-order chi connectivity index (χ1) is 8.66. The third-order valence-electron chi connectivity index (χ3n) is 2.71. The van der Waals surface area contributed by atoms with Crippen LogP contribution >= 0.6 is 0 Å². The van der Waals surface area contributed by atoms with E-state index in [1.807, 2.05) is 0 Å². The Morgan fingerprint density at radius 1 is 1.21 bits per heavy atom. The molecule has 0 aliphatic carbocycles. The van der Waals surface area contributed by atoms with Crippen LogP contribution in [-0.4, -0.2) is 24.8 Å². The number of amides is 1. The van der Waals surface area contributed by atoms with Gasteiger partial charge in [-0.25, -0.2) is 17.2 Å². The summed E-state index contributed by atoms with van der Waals surface area (Å²) in [5.74, 6) is -2.45. The maximum atomic E-state index is 13.3. The molecule has 0 spiro atoms. The van der Waals surface area contributed by atoms with Gasteiger partial charge in [0.05, 0.1) is 10.9 Å². The molecule has 1 N–H and O–H groups in total. The first kappa shape index (κ1) is 15.6. The van der Waals surface area contributed by atoms with E-state index in [-0.39, 0.29) is 5.69 Å². The summed E-state index contributed by atoms with van der Waals surface area (Å²) >= 11 is 0. The smallest absolute Gasteiger partial charge is 0.242 e. The molecular formula is C12H15F2NO3S. The summed E-state index contributed by atoms with van der Waals surface area (Å²) in [5.41, 5.74) is -0.379. The molecule has 0 saturated carbocycles. The molecule has 0 aliphatic heterocycles. The predicted octanol–water partition coefficient (Wildman–Crippen LogP) is 2.12. The molecule has 0 bridgehead atoms. The van der Waals surface area contributed by atoms with Crippen molar-refractivity contribution in [2.24, 2.45) is 0 Å². The summed E-state index contributed by atoms with van der Waals surface area (Å²) in [4.78, 5) is 11.7. The maximum absolute atomic E-state index is 13.3. The van der Waals surface area contributed by atoms with Gasteiger partial charge in [0, 0.05) is 6.07 Å². The number of rotatable bonds is 4. The third-order valence-corrected chi connectivity index (χ3v) is 5.22. The summed E-state index contributed by atoms with van der Waals surface area (Å²) in [7, 11) is -3.65. The second-order valence-corrected chi connectivity index (χ2v) is 7.22. The molecule has 1 atom stereocenters. The van der Waals surface area contributed by atoms with Crippen LogP contribution in [0.15, 0.2) is 18.2 Å². The number of hydrogen-bond acceptors (Lipinski definition) is 3. The van der Waals surface area contributed by atoms with Gasteiger partial charge in [-0.1, -0.05) is 0 Å². The van der Waals surface area contributed by atoms with E-state index in [1.165, 1.54) is 20.8 Å². The van der Waals surface area contributed by atoms with Crippen LogP contribution in [0.25, 0.3) is 0 Å². The van der Waals surface area contributed by atoms with Gasteiger partial charge in [0.2, 0.25) is 5.91 Å². The first-order valence-corrected chi connectivity index (χ1v) is 7.26. The molecule has 1 rings (SSSR count). The van der Waals surface area contributed by atoms with Crippen molar-refractivity contribution in [1.29, 1.82) is 0 Å². The average Bonchev–Trinajstić information content (AvgIpc) is 2.32. The van der Waals surface area contributed by atoms with E-state index < -0.39 is 37.9 Å². The highest BCUT2D eigenvalue weighted by Crippen LogP contribution is 2.17. The molecule has 0 saturated heterocycles. The number of anilines is 1. The molecule has 106 valence electrons. The minimum Gasteiger partial charge on any atom is -0.322 e. The van der Waals surface area contributed by atoms with Crippen LogP contribution in [0.2, 0.25) is 0 Å². The quantitative estimate of drug-likeness (QED) is 0.924. The van der Waals surface area contributed by atoms with Gasteiger partial charge in [0.25, 0.3) is 0 Å². The third kappa shape index (κ3) is 3.50. The Morgan fingerprint density at radius 3 is 2.32 bits per heavy atom. The molecule has 19 heavy (non-hydrogen) atoms. The highest BCUT2D eigenvalue weighted by atomic mass is 32.2. The Labute approximate surface area is 110 Å². The molecule has 1 amide bonds. The molecule has 0 heterocycles. The van der Waals surface area contributed by atoms with Crippen molar-refractivity contribution in [2.75, 3.05) is 5.32 Å². The summed E-state index contributed by atoms with van der Waals surface area (Å²) in [5, 5.41) is 0.00995. The van der Waals surface area contributed by atoms with Crippen molar-refractivity contribution in [3.8, 4) is 0 Å². The van der Waals surface area contributed by atoms with Gasteiger partial charge in [-0.05, 0) is 32.9 Å². The highest BCUT2D eigenvalue weighted by molar-refractivity contribution is 7.93. The van der Waals surface area contributed by atoms with Crippen LogP contribution < -0.4 is 5.32 Å². The number of nitrogens with one attached hydrogen (secondary N) is 1. The lowest BCUT2D eigenvalue weighted by atomic mass is 10.3. The van der Waals surface area contributed by atoms with Gasteiger partial charge in [0.1, 0.15) is 16.9 Å². The van der Waals surface area contributed by atoms with Crippen molar-refractivity contribution in [3.63, 3.8) is 0 Å². The van der Waals surface area contributed by atoms with Gasteiger partial charge >= 0.3 is 0 Å². The van der Waals surface area contributed by atoms with Crippen LogP contribution in [0.3, 0.4) is 0 Å². The number of carbonyl (C=O) groups excluding carboxylic acids is 1. The van der Waals surface area contributed by atoms with Crippen LogP contribution in [0.1, 0.15) is 20.8 Å². The second kappa shape index (κ2) is 5.64. The Morgan fingerprint density at radius 2 is 1.79 bits per heavy atom. The van der Waals surface area contributed by atoms with E-state index in [2.05, 4.69) is 5.32 Å². The Hall–Kier alpha value is -1.50. The zero-order valence-corrected chi connectivity index (χ0v) is 11.6. The molecule has 0 aromatic heterocycles. The van der Waals surface area contributed by atoms with Crippen molar-refractivity contribution in [1.82, 2.24) is 0 Å². The van der Waals surface area contributed by atoms with Gasteiger partial charge in [-0.3, -0.25) is 4.79 Å². The largest absolute Gasteiger partial charge is 0.322 e. The maximum Gasteiger partial charge on any atom is 0.242 e. The van der Waals surface area contributed by atoms with Crippen LogP contribution in [0, 0.1) is 11.6 Å². The molecule has 0 aliphatic rings. The molecule has 7 heteroatoms. The Balaban J connectivity index is 2.95. The highest BCUT2D eigenvalue weighted by Gasteiger charge is 2.31. The summed E-state index contributed by atoms with van der Waals surface area (Å²) in [6.07, 6.45) is 0. The summed E-state index contributed by atoms with van der Waals surface area (Å²) < 4.78 is 49.8. The minimum atomic E-state index is -3.65. The normalized spacial score (nSPS) is 13.4. The molecule has 1 aromatic carbocycles. The molecule has 4 nitrogen and oxygen atoms in total. The van der Waals surface area contributed by atoms with Gasteiger partial charge in [-0.2, -0.15) is 0 Å². The SMILES string of the molecule is CC(C)S(=O)(=O)C(C)C(=O)Nc1cc(F)ccc1F. The van der Waals surface area contributed by atoms with E-state index in [4.69, 9.17) is 0 Å². The number of sulfone groups is 1.